The van der Waals surface area contributed by atoms with Crippen molar-refractivity contribution in [2.24, 2.45) is 5.73 Å². The summed E-state index contributed by atoms with van der Waals surface area (Å²) < 4.78 is 10.6. The summed E-state index contributed by atoms with van der Waals surface area (Å²) in [7, 11) is 0. The van der Waals surface area contributed by atoms with Gasteiger partial charge in [0.15, 0.2) is 0 Å². The van der Waals surface area contributed by atoms with Crippen LogP contribution in [0.2, 0.25) is 0 Å². The van der Waals surface area contributed by atoms with E-state index in [9.17, 15) is 24.0 Å². The standard InChI is InChI=1S/C38H49N5O7/c1-38(2,3)50-37(48)43-31(23-22-27-15-7-4-8-16-27)34(45)42-32(25-28-17-9-5-10-18-28)35(46)41-30(33(39)44)21-13-14-24-40-36(47)49-26-29-19-11-6-12-20-29/h4-12,15-20,30-32H,13-14,21-26H2,1-3H3,(H2,39,44)(H,40,47)(H,41,46)(H,42,45)(H,43,48)/t30-,31-,32-/m0/s1. The molecular formula is C38H49N5O7. The Bertz CT molecular complexity index is 1510. The molecule has 0 bridgehead atoms. The Labute approximate surface area is 293 Å². The minimum Gasteiger partial charge on any atom is -0.445 e. The molecule has 0 heterocycles. The Morgan fingerprint density at radius 3 is 1.76 bits per heavy atom. The predicted molar refractivity (Wildman–Crippen MR) is 190 cm³/mol. The van der Waals surface area contributed by atoms with E-state index < -0.39 is 53.6 Å². The van der Waals surface area contributed by atoms with Gasteiger partial charge in [-0.2, -0.15) is 0 Å². The lowest BCUT2D eigenvalue weighted by molar-refractivity contribution is -0.132. The Kier molecular flexibility index (Phi) is 15.8. The fourth-order valence-corrected chi connectivity index (χ4v) is 5.00. The van der Waals surface area contributed by atoms with Crippen LogP contribution in [0.5, 0.6) is 0 Å². The topological polar surface area (TPSA) is 178 Å². The molecule has 3 atom stereocenters. The van der Waals surface area contributed by atoms with Crippen LogP contribution < -0.4 is 27.0 Å². The highest BCUT2D eigenvalue weighted by molar-refractivity contribution is 5.93. The number of hydrogen-bond donors (Lipinski definition) is 5. The van der Waals surface area contributed by atoms with Crippen LogP contribution in [0, 0.1) is 0 Å². The fourth-order valence-electron chi connectivity index (χ4n) is 5.00. The first-order valence-electron chi connectivity index (χ1n) is 16.8. The van der Waals surface area contributed by atoms with Gasteiger partial charge in [-0.15, -0.1) is 0 Å². The van der Waals surface area contributed by atoms with Gasteiger partial charge in [-0.3, -0.25) is 14.4 Å². The maximum absolute atomic E-state index is 13.7. The SMILES string of the molecule is CC(C)(C)OC(=O)N[C@@H](CCc1ccccc1)C(=O)N[C@@H](Cc1ccccc1)C(=O)N[C@@H](CCCCNC(=O)OCc1ccccc1)C(N)=O. The van der Waals surface area contributed by atoms with Crippen LogP contribution in [0.15, 0.2) is 91.0 Å². The van der Waals surface area contributed by atoms with Crippen molar-refractivity contribution in [3.05, 3.63) is 108 Å². The van der Waals surface area contributed by atoms with Crippen LogP contribution in [0.25, 0.3) is 0 Å². The summed E-state index contributed by atoms with van der Waals surface area (Å²) in [5.74, 6) is -1.91. The minimum atomic E-state index is -1.09. The average Bonchev–Trinajstić information content (AvgIpc) is 3.08. The van der Waals surface area contributed by atoms with E-state index in [1.807, 2.05) is 91.0 Å². The molecule has 3 aromatic carbocycles. The molecule has 0 aliphatic carbocycles. The van der Waals surface area contributed by atoms with Crippen molar-refractivity contribution in [2.75, 3.05) is 6.54 Å². The van der Waals surface area contributed by atoms with Crippen molar-refractivity contribution >= 4 is 29.9 Å². The van der Waals surface area contributed by atoms with E-state index in [0.717, 1.165) is 16.7 Å². The molecule has 0 radical (unpaired) electrons. The Hall–Kier alpha value is -5.39. The number of carbonyl (C=O) groups is 5. The lowest BCUT2D eigenvalue weighted by Gasteiger charge is -2.26. The normalized spacial score (nSPS) is 12.8. The summed E-state index contributed by atoms with van der Waals surface area (Å²) in [5.41, 5.74) is 7.48. The van der Waals surface area contributed by atoms with Gasteiger partial charge in [0, 0.05) is 13.0 Å². The molecule has 3 rings (SSSR count). The highest BCUT2D eigenvalue weighted by Crippen LogP contribution is 2.11. The van der Waals surface area contributed by atoms with E-state index in [1.54, 1.807) is 20.8 Å². The van der Waals surface area contributed by atoms with E-state index in [1.165, 1.54) is 0 Å². The maximum Gasteiger partial charge on any atom is 0.408 e. The number of unbranched alkanes of at least 4 members (excludes halogenated alkanes) is 1. The summed E-state index contributed by atoms with van der Waals surface area (Å²) >= 11 is 0. The van der Waals surface area contributed by atoms with Gasteiger partial charge in [0.2, 0.25) is 17.7 Å². The van der Waals surface area contributed by atoms with Gasteiger partial charge in [-0.25, -0.2) is 9.59 Å². The van der Waals surface area contributed by atoms with Gasteiger partial charge in [0.05, 0.1) is 0 Å². The van der Waals surface area contributed by atoms with Crippen molar-refractivity contribution in [1.82, 2.24) is 21.3 Å². The molecule has 12 heteroatoms. The van der Waals surface area contributed by atoms with Gasteiger partial charge < -0.3 is 36.5 Å². The number of amides is 5. The van der Waals surface area contributed by atoms with Crippen LogP contribution in [0.1, 0.15) is 63.1 Å². The van der Waals surface area contributed by atoms with Crippen molar-refractivity contribution in [3.63, 3.8) is 0 Å². The van der Waals surface area contributed by atoms with E-state index in [0.29, 0.717) is 25.8 Å². The third-order valence-electron chi connectivity index (χ3n) is 7.55. The lowest BCUT2D eigenvalue weighted by Crippen LogP contribution is -2.57. The maximum atomic E-state index is 13.7. The summed E-state index contributed by atoms with van der Waals surface area (Å²) in [6, 6.07) is 24.8. The monoisotopic (exact) mass is 687 g/mol. The number of carbonyl (C=O) groups excluding carboxylic acids is 5. The zero-order valence-corrected chi connectivity index (χ0v) is 29.0. The van der Waals surface area contributed by atoms with Crippen LogP contribution in [-0.4, -0.2) is 60.2 Å². The van der Waals surface area contributed by atoms with Crippen molar-refractivity contribution in [3.8, 4) is 0 Å². The molecule has 0 fully saturated rings. The van der Waals surface area contributed by atoms with Crippen LogP contribution in [0.4, 0.5) is 9.59 Å². The highest BCUT2D eigenvalue weighted by atomic mass is 16.6. The second-order valence-corrected chi connectivity index (χ2v) is 12.9. The minimum absolute atomic E-state index is 0.122. The van der Waals surface area contributed by atoms with E-state index in [4.69, 9.17) is 15.2 Å². The number of hydrogen-bond acceptors (Lipinski definition) is 7. The van der Waals surface area contributed by atoms with E-state index in [2.05, 4.69) is 21.3 Å². The molecule has 6 N–H and O–H groups in total. The molecule has 268 valence electrons. The average molecular weight is 688 g/mol. The summed E-state index contributed by atoms with van der Waals surface area (Å²) in [5, 5.41) is 10.8. The number of alkyl carbamates (subject to hydrolysis) is 2. The van der Waals surface area contributed by atoms with Crippen LogP contribution >= 0.6 is 0 Å². The van der Waals surface area contributed by atoms with Crippen LogP contribution in [-0.2, 0) is 43.3 Å². The number of rotatable bonds is 18. The van der Waals surface area contributed by atoms with Gasteiger partial charge >= 0.3 is 12.2 Å². The van der Waals surface area contributed by atoms with Crippen molar-refractivity contribution in [2.45, 2.75) is 89.6 Å². The molecule has 0 aliphatic rings. The third-order valence-corrected chi connectivity index (χ3v) is 7.55. The number of ether oxygens (including phenoxy) is 2. The second kappa shape index (κ2) is 20.2. The quantitative estimate of drug-likeness (QED) is 0.124. The first-order chi connectivity index (χ1) is 23.9. The predicted octanol–water partition coefficient (Wildman–Crippen LogP) is 4.31. The molecular weight excluding hydrogens is 638 g/mol. The number of aryl methyl sites for hydroxylation is 1. The van der Waals surface area contributed by atoms with Gasteiger partial charge in [-0.05, 0) is 69.6 Å². The molecule has 12 nitrogen and oxygen atoms in total. The van der Waals surface area contributed by atoms with E-state index in [-0.39, 0.29) is 25.9 Å². The first kappa shape index (κ1) is 39.1. The summed E-state index contributed by atoms with van der Waals surface area (Å²) in [6.45, 7) is 5.61. The van der Waals surface area contributed by atoms with Gasteiger partial charge in [-0.1, -0.05) is 91.0 Å². The number of primary amides is 1. The molecule has 0 aliphatic heterocycles. The molecule has 0 saturated carbocycles. The van der Waals surface area contributed by atoms with Gasteiger partial charge in [0.25, 0.3) is 0 Å². The third kappa shape index (κ3) is 15.2. The molecule has 0 saturated heterocycles. The highest BCUT2D eigenvalue weighted by Gasteiger charge is 2.30. The summed E-state index contributed by atoms with van der Waals surface area (Å²) in [6.07, 6.45) is 0.706. The zero-order chi connectivity index (χ0) is 36.4. The van der Waals surface area contributed by atoms with Crippen molar-refractivity contribution in [1.29, 1.82) is 0 Å². The number of benzene rings is 3. The first-order valence-corrected chi connectivity index (χ1v) is 16.8. The van der Waals surface area contributed by atoms with E-state index >= 15 is 0 Å². The Morgan fingerprint density at radius 2 is 1.18 bits per heavy atom. The van der Waals surface area contributed by atoms with Crippen molar-refractivity contribution < 1.29 is 33.4 Å². The fraction of sp³-hybridized carbons (Fsp3) is 0.395. The molecule has 0 spiro atoms. The smallest absolute Gasteiger partial charge is 0.408 e. The number of nitrogens with two attached hydrogens (primary N) is 1. The Balaban J connectivity index is 1.62. The van der Waals surface area contributed by atoms with Crippen LogP contribution in [0.3, 0.4) is 0 Å². The Morgan fingerprint density at radius 1 is 0.640 bits per heavy atom. The molecule has 5 amide bonds. The van der Waals surface area contributed by atoms with Gasteiger partial charge in [0.1, 0.15) is 30.3 Å². The number of nitrogens with one attached hydrogen (secondary N) is 4. The molecule has 50 heavy (non-hydrogen) atoms. The second-order valence-electron chi connectivity index (χ2n) is 12.9. The largest absolute Gasteiger partial charge is 0.445 e. The summed E-state index contributed by atoms with van der Waals surface area (Å²) in [4.78, 5) is 64.5. The molecule has 0 aromatic heterocycles. The lowest BCUT2D eigenvalue weighted by atomic mass is 10.0. The molecule has 3 aromatic rings. The molecule has 0 unspecified atom stereocenters. The zero-order valence-electron chi connectivity index (χ0n) is 29.0.